The summed E-state index contributed by atoms with van der Waals surface area (Å²) in [5.74, 6) is 0.0615. The summed E-state index contributed by atoms with van der Waals surface area (Å²) in [6, 6.07) is 20.5. The van der Waals surface area contributed by atoms with Gasteiger partial charge in [-0.1, -0.05) is 58.4 Å². The van der Waals surface area contributed by atoms with Gasteiger partial charge in [-0.3, -0.25) is 4.79 Å². The normalized spacial score (nSPS) is 17.2. The molecule has 2 heterocycles. The summed E-state index contributed by atoms with van der Waals surface area (Å²) in [6.45, 7) is 0.285. The molecule has 1 atom stereocenters. The summed E-state index contributed by atoms with van der Waals surface area (Å²) >= 11 is 3.44. The van der Waals surface area contributed by atoms with Crippen LogP contribution in [0.2, 0.25) is 0 Å². The first-order chi connectivity index (χ1) is 12.6. The summed E-state index contributed by atoms with van der Waals surface area (Å²) in [4.78, 5) is 14.5. The highest BCUT2D eigenvalue weighted by atomic mass is 79.9. The lowest BCUT2D eigenvalue weighted by Gasteiger charge is -2.26. The van der Waals surface area contributed by atoms with E-state index in [1.165, 1.54) is 0 Å². The first-order valence-corrected chi connectivity index (χ1v) is 9.02. The van der Waals surface area contributed by atoms with Crippen molar-refractivity contribution in [3.63, 3.8) is 0 Å². The van der Waals surface area contributed by atoms with Crippen LogP contribution >= 0.6 is 15.9 Å². The molecule has 0 saturated heterocycles. The number of aliphatic hydroxyl groups excluding tert-OH is 1. The average molecular weight is 410 g/mol. The van der Waals surface area contributed by atoms with Crippen LogP contribution in [0.5, 0.6) is 0 Å². The molecule has 130 valence electrons. The molecule has 0 aliphatic carbocycles. The molecule has 1 aliphatic rings. The second-order valence-electron chi connectivity index (χ2n) is 6.09. The van der Waals surface area contributed by atoms with Crippen molar-refractivity contribution in [2.24, 2.45) is 0 Å². The second kappa shape index (κ2) is 6.84. The Labute approximate surface area is 159 Å². The highest BCUT2D eigenvalue weighted by Gasteiger charge is 2.41. The van der Waals surface area contributed by atoms with Crippen molar-refractivity contribution in [2.45, 2.75) is 12.6 Å². The van der Waals surface area contributed by atoms with Gasteiger partial charge in [-0.05, 0) is 35.4 Å². The molecular formula is C21H16BrNO3. The SMILES string of the molecule is O=C1C(O)=C(c2ccccc2)C(c2ccc(Br)cc2)N1Cc1ccco1. The fourth-order valence-electron chi connectivity index (χ4n) is 3.29. The Morgan fingerprint density at radius 1 is 1.00 bits per heavy atom. The smallest absolute Gasteiger partial charge is 0.290 e. The van der Waals surface area contributed by atoms with E-state index in [9.17, 15) is 9.90 Å². The molecule has 0 fully saturated rings. The lowest BCUT2D eigenvalue weighted by atomic mass is 9.93. The summed E-state index contributed by atoms with van der Waals surface area (Å²) < 4.78 is 6.38. The van der Waals surface area contributed by atoms with Gasteiger partial charge in [0.1, 0.15) is 5.76 Å². The van der Waals surface area contributed by atoms with Crippen molar-refractivity contribution in [1.29, 1.82) is 0 Å². The molecule has 1 N–H and O–H groups in total. The molecule has 1 aromatic heterocycles. The number of hydrogen-bond acceptors (Lipinski definition) is 3. The zero-order valence-corrected chi connectivity index (χ0v) is 15.4. The van der Waals surface area contributed by atoms with E-state index in [2.05, 4.69) is 15.9 Å². The van der Waals surface area contributed by atoms with Crippen LogP contribution in [0.25, 0.3) is 5.57 Å². The quantitative estimate of drug-likeness (QED) is 0.652. The first kappa shape index (κ1) is 16.7. The van der Waals surface area contributed by atoms with Gasteiger partial charge in [-0.25, -0.2) is 0 Å². The summed E-state index contributed by atoms with van der Waals surface area (Å²) in [5, 5.41) is 10.6. The van der Waals surface area contributed by atoms with Crippen LogP contribution in [-0.4, -0.2) is 15.9 Å². The van der Waals surface area contributed by atoms with Gasteiger partial charge in [0.25, 0.3) is 5.91 Å². The lowest BCUT2D eigenvalue weighted by Crippen LogP contribution is -2.29. The van der Waals surface area contributed by atoms with Gasteiger partial charge in [-0.2, -0.15) is 0 Å². The first-order valence-electron chi connectivity index (χ1n) is 8.22. The fraction of sp³-hybridized carbons (Fsp3) is 0.0952. The second-order valence-corrected chi connectivity index (χ2v) is 7.01. The largest absolute Gasteiger partial charge is 0.503 e. The predicted octanol–water partition coefficient (Wildman–Crippen LogP) is 5.09. The number of benzene rings is 2. The number of rotatable bonds is 4. The van der Waals surface area contributed by atoms with Crippen LogP contribution in [0.15, 0.2) is 87.6 Å². The number of aliphatic hydroxyl groups is 1. The molecule has 1 unspecified atom stereocenters. The average Bonchev–Trinajstić information content (AvgIpc) is 3.26. The van der Waals surface area contributed by atoms with Gasteiger partial charge in [0.2, 0.25) is 0 Å². The Kier molecular flexibility index (Phi) is 4.39. The molecule has 5 heteroatoms. The van der Waals surface area contributed by atoms with Crippen molar-refractivity contribution < 1.29 is 14.3 Å². The van der Waals surface area contributed by atoms with Crippen LogP contribution in [-0.2, 0) is 11.3 Å². The number of carbonyl (C=O) groups is 1. The maximum Gasteiger partial charge on any atom is 0.290 e. The molecule has 26 heavy (non-hydrogen) atoms. The number of hydrogen-bond donors (Lipinski definition) is 1. The summed E-state index contributed by atoms with van der Waals surface area (Å²) in [6.07, 6.45) is 1.58. The third kappa shape index (κ3) is 2.95. The molecule has 0 spiro atoms. The maximum atomic E-state index is 12.8. The molecule has 3 aromatic rings. The van der Waals surface area contributed by atoms with E-state index in [1.807, 2.05) is 60.7 Å². The standard InChI is InChI=1S/C21H16BrNO3/c22-16-10-8-15(9-11-16)19-18(14-5-2-1-3-6-14)20(24)21(25)23(19)13-17-7-4-12-26-17/h1-12,19,24H,13H2. The van der Waals surface area contributed by atoms with E-state index in [-0.39, 0.29) is 18.3 Å². The van der Waals surface area contributed by atoms with Gasteiger partial charge in [0, 0.05) is 10.0 Å². The van der Waals surface area contributed by atoms with E-state index in [1.54, 1.807) is 17.2 Å². The number of furan rings is 1. The minimum absolute atomic E-state index is 0.212. The van der Waals surface area contributed by atoms with Crippen LogP contribution in [0, 0.1) is 0 Å². The minimum atomic E-state index is -0.395. The number of carbonyl (C=O) groups excluding carboxylic acids is 1. The van der Waals surface area contributed by atoms with Gasteiger partial charge in [0.05, 0.1) is 18.8 Å². The predicted molar refractivity (Wildman–Crippen MR) is 102 cm³/mol. The van der Waals surface area contributed by atoms with Gasteiger partial charge in [0.15, 0.2) is 5.76 Å². The molecule has 4 nitrogen and oxygen atoms in total. The van der Waals surface area contributed by atoms with E-state index in [0.29, 0.717) is 11.3 Å². The highest BCUT2D eigenvalue weighted by Crippen LogP contribution is 2.43. The Bertz CT molecular complexity index is 947. The molecular weight excluding hydrogens is 394 g/mol. The highest BCUT2D eigenvalue weighted by molar-refractivity contribution is 9.10. The van der Waals surface area contributed by atoms with Crippen molar-refractivity contribution >= 4 is 27.4 Å². The third-order valence-corrected chi connectivity index (χ3v) is 5.01. The van der Waals surface area contributed by atoms with Gasteiger partial charge >= 0.3 is 0 Å². The molecule has 0 bridgehead atoms. The topological polar surface area (TPSA) is 53.7 Å². The van der Waals surface area contributed by atoms with E-state index in [0.717, 1.165) is 15.6 Å². The third-order valence-electron chi connectivity index (χ3n) is 4.48. The Balaban J connectivity index is 1.82. The van der Waals surface area contributed by atoms with Crippen molar-refractivity contribution in [3.8, 4) is 0 Å². The summed E-state index contributed by atoms with van der Waals surface area (Å²) in [7, 11) is 0. The maximum absolute atomic E-state index is 12.8. The van der Waals surface area contributed by atoms with E-state index < -0.39 is 5.91 Å². The Morgan fingerprint density at radius 2 is 1.73 bits per heavy atom. The van der Waals surface area contributed by atoms with Crippen LogP contribution in [0.3, 0.4) is 0 Å². The lowest BCUT2D eigenvalue weighted by molar-refractivity contribution is -0.130. The van der Waals surface area contributed by atoms with E-state index in [4.69, 9.17) is 4.42 Å². The van der Waals surface area contributed by atoms with Crippen molar-refractivity contribution in [2.75, 3.05) is 0 Å². The van der Waals surface area contributed by atoms with Gasteiger partial charge < -0.3 is 14.4 Å². The molecule has 4 rings (SSSR count). The number of amides is 1. The molecule has 2 aromatic carbocycles. The molecule has 0 radical (unpaired) electrons. The van der Waals surface area contributed by atoms with E-state index >= 15 is 0 Å². The molecule has 1 aliphatic heterocycles. The molecule has 0 saturated carbocycles. The zero-order valence-electron chi connectivity index (χ0n) is 13.8. The monoisotopic (exact) mass is 409 g/mol. The van der Waals surface area contributed by atoms with Crippen molar-refractivity contribution in [3.05, 3.63) is 100 Å². The number of nitrogens with zero attached hydrogens (tertiary/aromatic N) is 1. The Morgan fingerprint density at radius 3 is 2.38 bits per heavy atom. The Hall–Kier alpha value is -2.79. The summed E-state index contributed by atoms with van der Waals surface area (Å²) in [5.41, 5.74) is 2.37. The minimum Gasteiger partial charge on any atom is -0.503 e. The number of halogens is 1. The molecule has 1 amide bonds. The van der Waals surface area contributed by atoms with Gasteiger partial charge in [-0.15, -0.1) is 0 Å². The zero-order chi connectivity index (χ0) is 18.1. The van der Waals surface area contributed by atoms with Crippen LogP contribution in [0.1, 0.15) is 22.9 Å². The van der Waals surface area contributed by atoms with Crippen LogP contribution < -0.4 is 0 Å². The van der Waals surface area contributed by atoms with Crippen LogP contribution in [0.4, 0.5) is 0 Å². The fourth-order valence-corrected chi connectivity index (χ4v) is 3.56. The van der Waals surface area contributed by atoms with Crippen molar-refractivity contribution in [1.82, 2.24) is 4.90 Å².